The van der Waals surface area contributed by atoms with E-state index in [1.807, 2.05) is 6.07 Å². The first-order valence-electron chi connectivity index (χ1n) is 5.47. The number of rotatable bonds is 4. The van der Waals surface area contributed by atoms with Crippen LogP contribution in [0.3, 0.4) is 0 Å². The Morgan fingerprint density at radius 2 is 2.11 bits per heavy atom. The van der Waals surface area contributed by atoms with Gasteiger partial charge in [-0.05, 0) is 29.3 Å². The van der Waals surface area contributed by atoms with Gasteiger partial charge < -0.3 is 5.73 Å². The maximum Gasteiger partial charge on any atom is 0.176 e. The summed E-state index contributed by atoms with van der Waals surface area (Å²) in [5.41, 5.74) is 7.02. The molecule has 0 aliphatic heterocycles. The van der Waals surface area contributed by atoms with Crippen molar-refractivity contribution < 1.29 is 0 Å². The molecule has 0 radical (unpaired) electrons. The molecule has 1 aromatic heterocycles. The maximum absolute atomic E-state index is 6.09. The SMILES string of the molecule is Cn1nnc(CC(N)Cc2ccc(Cl)cc2Cl)n1. The quantitative estimate of drug-likeness (QED) is 0.927. The van der Waals surface area contributed by atoms with E-state index in [0.29, 0.717) is 28.7 Å². The minimum Gasteiger partial charge on any atom is -0.327 e. The van der Waals surface area contributed by atoms with Crippen molar-refractivity contribution in [3.8, 4) is 0 Å². The van der Waals surface area contributed by atoms with Gasteiger partial charge in [-0.3, -0.25) is 0 Å². The molecule has 0 aliphatic carbocycles. The van der Waals surface area contributed by atoms with Crippen molar-refractivity contribution in [1.82, 2.24) is 20.2 Å². The lowest BCUT2D eigenvalue weighted by molar-refractivity contribution is 0.615. The molecule has 0 saturated heterocycles. The van der Waals surface area contributed by atoms with Gasteiger partial charge >= 0.3 is 0 Å². The van der Waals surface area contributed by atoms with Gasteiger partial charge in [0.25, 0.3) is 0 Å². The molecule has 1 heterocycles. The van der Waals surface area contributed by atoms with Crippen LogP contribution in [0, 0.1) is 0 Å². The zero-order valence-corrected chi connectivity index (χ0v) is 11.4. The average molecular weight is 286 g/mol. The number of tetrazole rings is 1. The lowest BCUT2D eigenvalue weighted by atomic mass is 10.0. The van der Waals surface area contributed by atoms with Crippen LogP contribution >= 0.6 is 23.2 Å². The number of hydrogen-bond donors (Lipinski definition) is 1. The molecule has 0 spiro atoms. The molecule has 1 unspecified atom stereocenters. The largest absolute Gasteiger partial charge is 0.327 e. The highest BCUT2D eigenvalue weighted by atomic mass is 35.5. The van der Waals surface area contributed by atoms with Crippen LogP contribution in [0.25, 0.3) is 0 Å². The van der Waals surface area contributed by atoms with Crippen LogP contribution in [-0.4, -0.2) is 26.2 Å². The van der Waals surface area contributed by atoms with Crippen molar-refractivity contribution in [1.29, 1.82) is 0 Å². The number of nitrogens with zero attached hydrogens (tertiary/aromatic N) is 4. The van der Waals surface area contributed by atoms with E-state index in [0.717, 1.165) is 5.56 Å². The van der Waals surface area contributed by atoms with E-state index in [2.05, 4.69) is 15.4 Å². The number of halogens is 2. The number of benzene rings is 1. The molecule has 1 atom stereocenters. The highest BCUT2D eigenvalue weighted by Gasteiger charge is 2.11. The summed E-state index contributed by atoms with van der Waals surface area (Å²) in [6.45, 7) is 0. The summed E-state index contributed by atoms with van der Waals surface area (Å²) < 4.78 is 0. The van der Waals surface area contributed by atoms with Crippen molar-refractivity contribution >= 4 is 23.2 Å². The van der Waals surface area contributed by atoms with Gasteiger partial charge in [0.15, 0.2) is 5.82 Å². The van der Waals surface area contributed by atoms with Crippen LogP contribution in [0.15, 0.2) is 18.2 Å². The predicted molar refractivity (Wildman–Crippen MR) is 70.6 cm³/mol. The van der Waals surface area contributed by atoms with E-state index in [4.69, 9.17) is 28.9 Å². The number of nitrogens with two attached hydrogens (primary N) is 1. The third-order valence-electron chi connectivity index (χ3n) is 2.49. The predicted octanol–water partition coefficient (Wildman–Crippen LogP) is 1.63. The van der Waals surface area contributed by atoms with Crippen LogP contribution in [-0.2, 0) is 19.9 Å². The Morgan fingerprint density at radius 1 is 1.33 bits per heavy atom. The van der Waals surface area contributed by atoms with Crippen molar-refractivity contribution in [3.63, 3.8) is 0 Å². The summed E-state index contributed by atoms with van der Waals surface area (Å²) in [6, 6.07) is 5.30. The molecule has 5 nitrogen and oxygen atoms in total. The Hall–Kier alpha value is -1.17. The molecule has 96 valence electrons. The van der Waals surface area contributed by atoms with E-state index in [-0.39, 0.29) is 6.04 Å². The molecule has 0 fully saturated rings. The molecule has 1 aromatic carbocycles. The Kier molecular flexibility index (Phi) is 4.16. The Balaban J connectivity index is 2.00. The zero-order chi connectivity index (χ0) is 13.1. The Bertz CT molecular complexity index is 540. The highest BCUT2D eigenvalue weighted by molar-refractivity contribution is 6.35. The summed E-state index contributed by atoms with van der Waals surface area (Å²) in [5, 5.41) is 13.0. The van der Waals surface area contributed by atoms with Crippen LogP contribution in [0.1, 0.15) is 11.4 Å². The van der Waals surface area contributed by atoms with E-state index >= 15 is 0 Å². The van der Waals surface area contributed by atoms with Gasteiger partial charge in [0, 0.05) is 22.5 Å². The second-order valence-corrected chi connectivity index (χ2v) is 4.94. The van der Waals surface area contributed by atoms with Gasteiger partial charge in [0.2, 0.25) is 0 Å². The first-order chi connectivity index (χ1) is 8.54. The van der Waals surface area contributed by atoms with Crippen molar-refractivity contribution in [2.45, 2.75) is 18.9 Å². The summed E-state index contributed by atoms with van der Waals surface area (Å²) in [7, 11) is 1.72. The summed E-state index contributed by atoms with van der Waals surface area (Å²) in [4.78, 5) is 1.41. The molecule has 0 aliphatic rings. The van der Waals surface area contributed by atoms with Crippen LogP contribution < -0.4 is 5.73 Å². The van der Waals surface area contributed by atoms with Gasteiger partial charge in [-0.1, -0.05) is 29.3 Å². The van der Waals surface area contributed by atoms with Gasteiger partial charge in [-0.25, -0.2) is 0 Å². The molecule has 18 heavy (non-hydrogen) atoms. The summed E-state index contributed by atoms with van der Waals surface area (Å²) >= 11 is 11.9. The van der Waals surface area contributed by atoms with E-state index < -0.39 is 0 Å². The van der Waals surface area contributed by atoms with Crippen LogP contribution in [0.4, 0.5) is 0 Å². The number of aryl methyl sites for hydroxylation is 1. The third-order valence-corrected chi connectivity index (χ3v) is 3.08. The second-order valence-electron chi connectivity index (χ2n) is 4.10. The number of hydrogen-bond acceptors (Lipinski definition) is 4. The van der Waals surface area contributed by atoms with Crippen molar-refractivity contribution in [3.05, 3.63) is 39.6 Å². The third kappa shape index (κ3) is 3.41. The fourth-order valence-corrected chi connectivity index (χ4v) is 2.17. The smallest absolute Gasteiger partial charge is 0.176 e. The van der Waals surface area contributed by atoms with Crippen LogP contribution in [0.5, 0.6) is 0 Å². The molecule has 7 heteroatoms. The monoisotopic (exact) mass is 285 g/mol. The molecule has 0 saturated carbocycles. The van der Waals surface area contributed by atoms with Crippen molar-refractivity contribution in [2.24, 2.45) is 12.8 Å². The van der Waals surface area contributed by atoms with E-state index in [1.54, 1.807) is 19.2 Å². The summed E-state index contributed by atoms with van der Waals surface area (Å²) in [6.07, 6.45) is 1.21. The van der Waals surface area contributed by atoms with Crippen LogP contribution in [0.2, 0.25) is 10.0 Å². The van der Waals surface area contributed by atoms with Gasteiger partial charge in [-0.2, -0.15) is 4.80 Å². The summed E-state index contributed by atoms with van der Waals surface area (Å²) in [5.74, 6) is 0.634. The minimum atomic E-state index is -0.104. The van der Waals surface area contributed by atoms with Gasteiger partial charge in [0.05, 0.1) is 7.05 Å². The fourth-order valence-electron chi connectivity index (χ4n) is 1.68. The molecular weight excluding hydrogens is 273 g/mol. The molecule has 2 aromatic rings. The maximum atomic E-state index is 6.09. The Morgan fingerprint density at radius 3 is 2.72 bits per heavy atom. The second kappa shape index (κ2) is 5.65. The Labute approximate surface area is 115 Å². The normalized spacial score (nSPS) is 12.7. The standard InChI is InChI=1S/C11H13Cl2N5/c1-18-16-11(15-17-18)6-9(14)4-7-2-3-8(12)5-10(7)13/h2-3,5,9H,4,6,14H2,1H3. The lowest BCUT2D eigenvalue weighted by Crippen LogP contribution is -2.26. The first kappa shape index (κ1) is 13.3. The average Bonchev–Trinajstić information content (AvgIpc) is 2.68. The van der Waals surface area contributed by atoms with E-state index in [9.17, 15) is 0 Å². The molecule has 2 rings (SSSR count). The van der Waals surface area contributed by atoms with Gasteiger partial charge in [0.1, 0.15) is 0 Å². The first-order valence-corrected chi connectivity index (χ1v) is 6.22. The van der Waals surface area contributed by atoms with Gasteiger partial charge in [-0.15, -0.1) is 10.2 Å². The zero-order valence-electron chi connectivity index (χ0n) is 9.85. The van der Waals surface area contributed by atoms with Crippen molar-refractivity contribution in [2.75, 3.05) is 0 Å². The molecule has 0 bridgehead atoms. The highest BCUT2D eigenvalue weighted by Crippen LogP contribution is 2.22. The lowest BCUT2D eigenvalue weighted by Gasteiger charge is -2.10. The molecule has 0 amide bonds. The molecular formula is C11H13Cl2N5. The molecule has 2 N–H and O–H groups in total. The number of aromatic nitrogens is 4. The topological polar surface area (TPSA) is 69.6 Å². The minimum absolute atomic E-state index is 0.104. The van der Waals surface area contributed by atoms with E-state index in [1.165, 1.54) is 4.80 Å². The fraction of sp³-hybridized carbons (Fsp3) is 0.364.